The van der Waals surface area contributed by atoms with Gasteiger partial charge < -0.3 is 28.4 Å². The van der Waals surface area contributed by atoms with Crippen molar-refractivity contribution in [2.75, 3.05) is 39.6 Å². The van der Waals surface area contributed by atoms with E-state index in [-0.39, 0.29) is 103 Å². The minimum Gasteiger partial charge on any atom is -0.460 e. The van der Waals surface area contributed by atoms with Gasteiger partial charge in [-0.05, 0) is 27.2 Å². The minimum absolute atomic E-state index is 0. The van der Waals surface area contributed by atoms with Gasteiger partial charge in [0.05, 0.1) is 38.1 Å². The first kappa shape index (κ1) is 52.9. The summed E-state index contributed by atoms with van der Waals surface area (Å²) in [5, 5.41) is 0. The van der Waals surface area contributed by atoms with E-state index in [9.17, 15) is 14.4 Å². The van der Waals surface area contributed by atoms with Gasteiger partial charge in [0.1, 0.15) is 19.8 Å². The number of hydrogen-bond acceptors (Lipinski definition) is 9. The van der Waals surface area contributed by atoms with E-state index in [1.54, 1.807) is 20.8 Å². The van der Waals surface area contributed by atoms with E-state index in [0.29, 0.717) is 6.42 Å². The summed E-state index contributed by atoms with van der Waals surface area (Å²) in [4.78, 5) is 33.8. The molecule has 0 N–H and O–H groups in total. The second kappa shape index (κ2) is 30.1. The van der Waals surface area contributed by atoms with Crippen LogP contribution < -0.4 is 0 Å². The van der Waals surface area contributed by atoms with E-state index >= 15 is 0 Å². The predicted octanol–water partition coefficient (Wildman–Crippen LogP) is 6.60. The maximum atomic E-state index is 11.3. The van der Waals surface area contributed by atoms with Gasteiger partial charge in [0, 0.05) is 23.6 Å². The summed E-state index contributed by atoms with van der Waals surface area (Å²) in [6.07, 6.45) is 2.82. The molecular formula is C30H62O9. The van der Waals surface area contributed by atoms with Crippen LogP contribution in [0.2, 0.25) is 0 Å². The quantitative estimate of drug-likeness (QED) is 0.0970. The Balaban J connectivity index is -0.000000341. The van der Waals surface area contributed by atoms with Crippen LogP contribution >= 0.6 is 0 Å². The highest BCUT2D eigenvalue weighted by Crippen LogP contribution is 2.26. The average molecular weight is 567 g/mol. The number of ether oxygens (including phenoxy) is 6. The van der Waals surface area contributed by atoms with E-state index in [1.807, 2.05) is 6.92 Å². The first-order valence-electron chi connectivity index (χ1n) is 10.8. The van der Waals surface area contributed by atoms with E-state index in [4.69, 9.17) is 28.4 Å². The van der Waals surface area contributed by atoms with Crippen molar-refractivity contribution in [3.05, 3.63) is 38.0 Å². The molecule has 0 aromatic rings. The van der Waals surface area contributed by atoms with Crippen molar-refractivity contribution >= 4 is 17.9 Å². The molecule has 0 bridgehead atoms. The third-order valence-corrected chi connectivity index (χ3v) is 4.65. The van der Waals surface area contributed by atoms with Crippen LogP contribution in [0.4, 0.5) is 0 Å². The average Bonchev–Trinajstić information content (AvgIpc) is 2.83. The zero-order valence-corrected chi connectivity index (χ0v) is 20.2. The van der Waals surface area contributed by atoms with E-state index in [2.05, 4.69) is 19.7 Å². The summed E-state index contributed by atoms with van der Waals surface area (Å²) < 4.78 is 32.8. The van der Waals surface area contributed by atoms with Crippen LogP contribution in [-0.4, -0.2) is 75.9 Å². The summed E-state index contributed by atoms with van der Waals surface area (Å²) in [6, 6.07) is 0. The molecule has 0 aliphatic heterocycles. The fraction of sp³-hybridized carbons (Fsp3) is 0.700. The van der Waals surface area contributed by atoms with Crippen LogP contribution in [0.15, 0.2) is 38.0 Å². The van der Waals surface area contributed by atoms with Crippen molar-refractivity contribution in [2.45, 2.75) is 97.0 Å². The lowest BCUT2D eigenvalue weighted by atomic mass is 9.87. The third kappa shape index (κ3) is 25.5. The molecule has 0 spiro atoms. The summed E-state index contributed by atoms with van der Waals surface area (Å²) >= 11 is 0. The lowest BCUT2D eigenvalue weighted by Gasteiger charge is -2.35. The van der Waals surface area contributed by atoms with Gasteiger partial charge in [-0.15, -0.1) is 0 Å². The second-order valence-electron chi connectivity index (χ2n) is 7.72. The lowest BCUT2D eigenvalue weighted by Crippen LogP contribution is -2.41. The summed E-state index contributed by atoms with van der Waals surface area (Å²) in [5.74, 6) is -1.57. The van der Waals surface area contributed by atoms with Gasteiger partial charge in [0.25, 0.3) is 0 Å². The van der Waals surface area contributed by atoms with Gasteiger partial charge >= 0.3 is 17.9 Å². The molecular weight excluding hydrogens is 504 g/mol. The minimum atomic E-state index is -0.551. The number of esters is 3. The van der Waals surface area contributed by atoms with E-state index in [1.165, 1.54) is 0 Å². The monoisotopic (exact) mass is 566 g/mol. The van der Waals surface area contributed by atoms with E-state index in [0.717, 1.165) is 18.2 Å². The molecule has 0 aromatic carbocycles. The van der Waals surface area contributed by atoms with Gasteiger partial charge in [-0.25, -0.2) is 14.4 Å². The van der Waals surface area contributed by atoms with Crippen LogP contribution in [0.1, 0.15) is 78.7 Å². The first-order chi connectivity index (χ1) is 15.6. The summed E-state index contributed by atoms with van der Waals surface area (Å²) in [7, 11) is 0. The van der Waals surface area contributed by atoms with Crippen molar-refractivity contribution in [3.63, 3.8) is 0 Å². The molecule has 3 atom stereocenters. The number of carbonyl (C=O) groups excluding carboxylic acids is 3. The zero-order valence-electron chi connectivity index (χ0n) is 20.2. The Bertz CT molecular complexity index is 563. The fourth-order valence-electron chi connectivity index (χ4n) is 2.31. The molecule has 39 heavy (non-hydrogen) atoms. The standard InChI is InChI=1S/C24H38O9.6CH4/c1-8-21(25)28-12-18(5)31-15-24(11-4,16-32-19(6)13-29-22(26)9-2)17-33-20(7)14-30-23(27)10-3;;;;;;/h8-10,18-20H,1-3,11-17H2,4-7H3;6*1H4. The van der Waals surface area contributed by atoms with Gasteiger partial charge in [-0.2, -0.15) is 0 Å². The van der Waals surface area contributed by atoms with Crippen molar-refractivity contribution in [1.82, 2.24) is 0 Å². The topological polar surface area (TPSA) is 107 Å². The Hall–Kier alpha value is -2.49. The normalized spacial score (nSPS) is 12.9. The van der Waals surface area contributed by atoms with Gasteiger partial charge in [-0.1, -0.05) is 71.2 Å². The Morgan fingerprint density at radius 1 is 0.590 bits per heavy atom. The Morgan fingerprint density at radius 2 is 0.821 bits per heavy atom. The maximum Gasteiger partial charge on any atom is 0.330 e. The molecule has 0 radical (unpaired) electrons. The molecule has 0 fully saturated rings. The largest absolute Gasteiger partial charge is 0.460 e. The molecule has 0 aliphatic rings. The molecule has 0 aliphatic carbocycles. The molecule has 9 nitrogen and oxygen atoms in total. The molecule has 0 heterocycles. The Kier molecular flexibility index (Phi) is 40.7. The SMILES string of the molecule is C.C.C.C.C.C.C=CC(=O)OCC(C)OCC(CC)(COC(C)COC(=O)C=C)COC(C)COC(=O)C=C. The fourth-order valence-corrected chi connectivity index (χ4v) is 2.31. The molecule has 0 saturated heterocycles. The zero-order chi connectivity index (χ0) is 25.3. The highest BCUT2D eigenvalue weighted by molar-refractivity contribution is 5.81. The number of carbonyl (C=O) groups is 3. The van der Waals surface area contributed by atoms with Crippen molar-refractivity contribution in [2.24, 2.45) is 5.41 Å². The molecule has 0 rings (SSSR count). The van der Waals surface area contributed by atoms with Gasteiger partial charge in [0.2, 0.25) is 0 Å². The molecule has 9 heteroatoms. The molecule has 0 amide bonds. The van der Waals surface area contributed by atoms with Crippen molar-refractivity contribution in [3.8, 4) is 0 Å². The van der Waals surface area contributed by atoms with Crippen molar-refractivity contribution < 1.29 is 42.8 Å². The molecule has 0 aromatic heterocycles. The van der Waals surface area contributed by atoms with E-state index < -0.39 is 23.3 Å². The maximum absolute atomic E-state index is 11.3. The smallest absolute Gasteiger partial charge is 0.330 e. The van der Waals surface area contributed by atoms with Crippen LogP contribution in [0.5, 0.6) is 0 Å². The summed E-state index contributed by atoms with van der Waals surface area (Å²) in [6.45, 7) is 18.4. The second-order valence-corrected chi connectivity index (χ2v) is 7.72. The van der Waals surface area contributed by atoms with Crippen LogP contribution in [0.3, 0.4) is 0 Å². The Morgan fingerprint density at radius 3 is 1.00 bits per heavy atom. The highest BCUT2D eigenvalue weighted by atomic mass is 16.6. The first-order valence-corrected chi connectivity index (χ1v) is 10.8. The third-order valence-electron chi connectivity index (χ3n) is 4.65. The van der Waals surface area contributed by atoms with Gasteiger partial charge in [-0.3, -0.25) is 0 Å². The Labute approximate surface area is 240 Å². The van der Waals surface area contributed by atoms with Crippen molar-refractivity contribution in [1.29, 1.82) is 0 Å². The molecule has 0 saturated carbocycles. The predicted molar refractivity (Wildman–Crippen MR) is 163 cm³/mol. The van der Waals surface area contributed by atoms with Crippen LogP contribution in [0.25, 0.3) is 0 Å². The lowest BCUT2D eigenvalue weighted by molar-refractivity contribution is -0.152. The molecule has 3 unspecified atom stereocenters. The molecule has 236 valence electrons. The number of hydrogen-bond donors (Lipinski definition) is 0. The van der Waals surface area contributed by atoms with Crippen LogP contribution in [0, 0.1) is 5.41 Å². The van der Waals surface area contributed by atoms with Crippen LogP contribution in [-0.2, 0) is 42.8 Å². The summed E-state index contributed by atoms with van der Waals surface area (Å²) in [5.41, 5.74) is -0.551. The number of rotatable bonds is 19. The van der Waals surface area contributed by atoms with Gasteiger partial charge in [0.15, 0.2) is 0 Å². The highest BCUT2D eigenvalue weighted by Gasteiger charge is 2.32.